The molecule has 0 unspecified atom stereocenters. The summed E-state index contributed by atoms with van der Waals surface area (Å²) in [5.41, 5.74) is 1.65. The van der Waals surface area contributed by atoms with Crippen molar-refractivity contribution in [3.63, 3.8) is 0 Å². The van der Waals surface area contributed by atoms with Crippen LogP contribution in [0.1, 0.15) is 10.4 Å². The lowest BCUT2D eigenvalue weighted by atomic mass is 10.1. The number of amides is 1. The van der Waals surface area contributed by atoms with Gasteiger partial charge in [-0.3, -0.25) is 4.79 Å². The van der Waals surface area contributed by atoms with Gasteiger partial charge in [0.1, 0.15) is 18.2 Å². The topological polar surface area (TPSA) is 95.0 Å². The van der Waals surface area contributed by atoms with Gasteiger partial charge in [-0.25, -0.2) is 14.2 Å². The summed E-state index contributed by atoms with van der Waals surface area (Å²) in [6.07, 6.45) is 0. The van der Waals surface area contributed by atoms with Crippen LogP contribution in [-0.2, 0) is 9.53 Å². The van der Waals surface area contributed by atoms with Gasteiger partial charge in [-0.15, -0.1) is 0 Å². The molecule has 2 heterocycles. The molecule has 2 aromatic carbocycles. The first-order valence-electron chi connectivity index (χ1n) is 10.2. The van der Waals surface area contributed by atoms with Crippen molar-refractivity contribution >= 4 is 40.0 Å². The number of fused-ring (bicyclic) bond motifs is 1. The summed E-state index contributed by atoms with van der Waals surface area (Å²) in [6, 6.07) is 13.2. The van der Waals surface area contributed by atoms with Crippen LogP contribution in [0.3, 0.4) is 0 Å². The second-order valence-electron chi connectivity index (χ2n) is 7.47. The summed E-state index contributed by atoms with van der Waals surface area (Å²) in [6.45, 7) is 2.25. The number of carbonyl (C=O) groups excluding carboxylic acids is 1. The van der Waals surface area contributed by atoms with Gasteiger partial charge < -0.3 is 25.0 Å². The van der Waals surface area contributed by atoms with E-state index in [4.69, 9.17) is 4.74 Å². The van der Waals surface area contributed by atoms with Crippen molar-refractivity contribution in [3.8, 4) is 0 Å². The zero-order valence-corrected chi connectivity index (χ0v) is 17.5. The molecule has 0 bridgehead atoms. The highest BCUT2D eigenvalue weighted by Gasteiger charge is 2.22. The SMILES string of the molecule is COCC(=O)Nc1ccc2nc(N3CCN(c4ccccc4F)CC3)cc(C(=O)O)c2c1. The van der Waals surface area contributed by atoms with Crippen LogP contribution >= 0.6 is 0 Å². The van der Waals surface area contributed by atoms with Crippen LogP contribution < -0.4 is 15.1 Å². The van der Waals surface area contributed by atoms with Gasteiger partial charge >= 0.3 is 5.97 Å². The summed E-state index contributed by atoms with van der Waals surface area (Å²) in [5.74, 6) is -1.12. The number of anilines is 3. The van der Waals surface area contributed by atoms with E-state index in [1.165, 1.54) is 13.2 Å². The Kier molecular flexibility index (Phi) is 6.18. The van der Waals surface area contributed by atoms with Gasteiger partial charge in [-0.2, -0.15) is 0 Å². The Bertz CT molecular complexity index is 1160. The largest absolute Gasteiger partial charge is 0.478 e. The van der Waals surface area contributed by atoms with Crippen molar-refractivity contribution in [2.75, 3.05) is 55.0 Å². The number of benzene rings is 2. The molecule has 0 atom stereocenters. The Hall–Kier alpha value is -3.72. The van der Waals surface area contributed by atoms with E-state index in [0.717, 1.165) is 0 Å². The average molecular weight is 438 g/mol. The number of aromatic carboxylic acids is 1. The van der Waals surface area contributed by atoms with Crippen molar-refractivity contribution in [1.82, 2.24) is 4.98 Å². The lowest BCUT2D eigenvalue weighted by molar-refractivity contribution is -0.119. The third kappa shape index (κ3) is 4.47. The maximum Gasteiger partial charge on any atom is 0.336 e. The molecule has 0 saturated carbocycles. The Balaban J connectivity index is 1.58. The minimum atomic E-state index is -1.08. The van der Waals surface area contributed by atoms with Gasteiger partial charge in [0, 0.05) is 44.4 Å². The number of pyridine rings is 1. The first-order valence-corrected chi connectivity index (χ1v) is 10.2. The quantitative estimate of drug-likeness (QED) is 0.611. The number of hydrogen-bond donors (Lipinski definition) is 2. The van der Waals surface area contributed by atoms with E-state index in [1.807, 2.05) is 9.80 Å². The maximum absolute atomic E-state index is 14.1. The molecule has 8 nitrogen and oxygen atoms in total. The number of carboxylic acids is 1. The average Bonchev–Trinajstić information content (AvgIpc) is 2.79. The molecule has 1 aromatic heterocycles. The fourth-order valence-corrected chi connectivity index (χ4v) is 3.84. The van der Waals surface area contributed by atoms with Gasteiger partial charge in [0.2, 0.25) is 5.91 Å². The van der Waals surface area contributed by atoms with E-state index in [0.29, 0.717) is 54.3 Å². The molecule has 4 rings (SSSR count). The predicted octanol–water partition coefficient (Wildman–Crippen LogP) is 2.98. The highest BCUT2D eigenvalue weighted by Crippen LogP contribution is 2.28. The van der Waals surface area contributed by atoms with Crippen molar-refractivity contribution in [2.45, 2.75) is 0 Å². The smallest absolute Gasteiger partial charge is 0.336 e. The summed E-state index contributed by atoms with van der Waals surface area (Å²) in [7, 11) is 1.42. The number of ether oxygens (including phenoxy) is 1. The third-order valence-corrected chi connectivity index (χ3v) is 5.38. The van der Waals surface area contributed by atoms with E-state index in [1.54, 1.807) is 42.5 Å². The minimum Gasteiger partial charge on any atom is -0.478 e. The number of methoxy groups -OCH3 is 1. The zero-order chi connectivity index (χ0) is 22.7. The van der Waals surface area contributed by atoms with Crippen LogP contribution in [-0.4, -0.2) is 61.9 Å². The number of halogens is 1. The number of para-hydroxylation sites is 1. The molecule has 1 saturated heterocycles. The van der Waals surface area contributed by atoms with Crippen LogP contribution in [0, 0.1) is 5.82 Å². The van der Waals surface area contributed by atoms with Gasteiger partial charge in [-0.05, 0) is 36.4 Å². The number of piperazine rings is 1. The van der Waals surface area contributed by atoms with Gasteiger partial charge in [0.05, 0.1) is 16.8 Å². The van der Waals surface area contributed by atoms with E-state index >= 15 is 0 Å². The number of carboxylic acid groups (broad SMARTS) is 1. The summed E-state index contributed by atoms with van der Waals surface area (Å²) in [4.78, 5) is 32.3. The number of rotatable bonds is 6. The molecular formula is C23H23FN4O4. The summed E-state index contributed by atoms with van der Waals surface area (Å²) >= 11 is 0. The number of hydrogen-bond acceptors (Lipinski definition) is 6. The first kappa shape index (κ1) is 21.5. The Morgan fingerprint density at radius 1 is 1.09 bits per heavy atom. The lowest BCUT2D eigenvalue weighted by Crippen LogP contribution is -2.47. The van der Waals surface area contributed by atoms with E-state index in [9.17, 15) is 19.1 Å². The molecule has 1 fully saturated rings. The molecule has 32 heavy (non-hydrogen) atoms. The Morgan fingerprint density at radius 3 is 2.50 bits per heavy atom. The van der Waals surface area contributed by atoms with E-state index in [2.05, 4.69) is 10.3 Å². The monoisotopic (exact) mass is 438 g/mol. The molecular weight excluding hydrogens is 415 g/mol. The highest BCUT2D eigenvalue weighted by molar-refractivity contribution is 6.05. The van der Waals surface area contributed by atoms with Crippen LogP contribution in [0.25, 0.3) is 10.9 Å². The predicted molar refractivity (Wildman–Crippen MR) is 120 cm³/mol. The van der Waals surface area contributed by atoms with Gasteiger partial charge in [0.25, 0.3) is 0 Å². The Morgan fingerprint density at radius 2 is 1.81 bits per heavy atom. The fourth-order valence-electron chi connectivity index (χ4n) is 3.84. The maximum atomic E-state index is 14.1. The normalized spacial score (nSPS) is 13.9. The standard InChI is InChI=1S/C23H23FN4O4/c1-32-14-22(29)25-15-6-7-19-16(12-15)17(23(30)31)13-21(26-19)28-10-8-27(9-11-28)20-5-3-2-4-18(20)24/h2-7,12-13H,8-11,14H2,1H3,(H,25,29)(H,30,31). The molecule has 9 heteroatoms. The molecule has 166 valence electrons. The molecule has 1 aliphatic rings. The van der Waals surface area contributed by atoms with Gasteiger partial charge in [-0.1, -0.05) is 12.1 Å². The molecule has 0 radical (unpaired) electrons. The van der Waals surface area contributed by atoms with Crippen molar-refractivity contribution < 1.29 is 23.8 Å². The van der Waals surface area contributed by atoms with Crippen molar-refractivity contribution in [3.05, 3.63) is 59.9 Å². The lowest BCUT2D eigenvalue weighted by Gasteiger charge is -2.37. The highest BCUT2D eigenvalue weighted by atomic mass is 19.1. The summed E-state index contributed by atoms with van der Waals surface area (Å²) in [5, 5.41) is 12.9. The minimum absolute atomic E-state index is 0.0973. The summed E-state index contributed by atoms with van der Waals surface area (Å²) < 4.78 is 18.9. The zero-order valence-electron chi connectivity index (χ0n) is 17.5. The van der Waals surface area contributed by atoms with Crippen LogP contribution in [0.4, 0.5) is 21.6 Å². The third-order valence-electron chi connectivity index (χ3n) is 5.38. The second kappa shape index (κ2) is 9.19. The van der Waals surface area contributed by atoms with Crippen LogP contribution in [0.15, 0.2) is 48.5 Å². The molecule has 0 aliphatic carbocycles. The van der Waals surface area contributed by atoms with Crippen LogP contribution in [0.2, 0.25) is 0 Å². The fraction of sp³-hybridized carbons (Fsp3) is 0.261. The number of aromatic nitrogens is 1. The molecule has 2 N–H and O–H groups in total. The van der Waals surface area contributed by atoms with Crippen molar-refractivity contribution in [2.24, 2.45) is 0 Å². The van der Waals surface area contributed by atoms with E-state index < -0.39 is 5.97 Å². The first-order chi connectivity index (χ1) is 15.5. The molecule has 0 spiro atoms. The second-order valence-corrected chi connectivity index (χ2v) is 7.47. The van der Waals surface area contributed by atoms with Gasteiger partial charge in [0.15, 0.2) is 0 Å². The van der Waals surface area contributed by atoms with Crippen molar-refractivity contribution in [1.29, 1.82) is 0 Å². The number of nitrogens with one attached hydrogen (secondary N) is 1. The van der Waals surface area contributed by atoms with Crippen LogP contribution in [0.5, 0.6) is 0 Å². The Labute approximate surface area is 184 Å². The van der Waals surface area contributed by atoms with E-state index in [-0.39, 0.29) is 23.9 Å². The molecule has 1 aliphatic heterocycles. The number of carbonyl (C=O) groups is 2. The molecule has 3 aromatic rings. The number of nitrogens with zero attached hydrogens (tertiary/aromatic N) is 3. The molecule has 1 amide bonds.